The van der Waals surface area contributed by atoms with Crippen molar-refractivity contribution in [3.63, 3.8) is 0 Å². The van der Waals surface area contributed by atoms with Crippen LogP contribution in [0.25, 0.3) is 16.8 Å². The summed E-state index contributed by atoms with van der Waals surface area (Å²) in [4.78, 5) is 9.00. The lowest BCUT2D eigenvalue weighted by Gasteiger charge is -2.02. The van der Waals surface area contributed by atoms with E-state index in [0.717, 1.165) is 47.8 Å². The highest BCUT2D eigenvalue weighted by atomic mass is 16.4. The van der Waals surface area contributed by atoms with E-state index >= 15 is 0 Å². The molecule has 0 saturated carbocycles. The number of benzene rings is 1. The molecule has 3 aromatic rings. The van der Waals surface area contributed by atoms with Crippen LogP contribution in [0.15, 0.2) is 53.3 Å². The number of nitrogens with one attached hydrogen (secondary N) is 1. The third kappa shape index (κ3) is 5.09. The maximum Gasteiger partial charge on any atom is 0.300 e. The first kappa shape index (κ1) is 19.5. The fourth-order valence-electron chi connectivity index (χ4n) is 2.87. The summed E-state index contributed by atoms with van der Waals surface area (Å²) in [6.45, 7) is 3.29. The molecule has 0 radical (unpaired) electrons. The van der Waals surface area contributed by atoms with E-state index in [-0.39, 0.29) is 0 Å². The van der Waals surface area contributed by atoms with E-state index in [1.165, 1.54) is 19.3 Å². The Bertz CT molecular complexity index is 843. The maximum absolute atomic E-state index is 9.00. The van der Waals surface area contributed by atoms with Crippen molar-refractivity contribution in [3.8, 4) is 5.88 Å². The molecule has 0 aliphatic carbocycles. The lowest BCUT2D eigenvalue weighted by atomic mass is 10.0. The number of fused-ring (bicyclic) bond motifs is 1. The lowest BCUT2D eigenvalue weighted by Crippen LogP contribution is -1.98. The van der Waals surface area contributed by atoms with Crippen molar-refractivity contribution < 1.29 is 14.3 Å². The van der Waals surface area contributed by atoms with E-state index < -0.39 is 5.97 Å². The number of unbranched alkanes of at least 4 members (excludes halogenated alkanes) is 3. The molecule has 0 spiro atoms. The monoisotopic (exact) mass is 354 g/mol. The first-order valence-electron chi connectivity index (χ1n) is 8.95. The summed E-state index contributed by atoms with van der Waals surface area (Å²) in [6, 6.07) is 12.1. The highest BCUT2D eigenvalue weighted by Gasteiger charge is 2.13. The molecular formula is C21H26N2O3. The molecule has 0 saturated heterocycles. The van der Waals surface area contributed by atoms with E-state index in [1.54, 1.807) is 6.26 Å². The van der Waals surface area contributed by atoms with Gasteiger partial charge in [-0.2, -0.15) is 0 Å². The molecular weight excluding hydrogens is 328 g/mol. The van der Waals surface area contributed by atoms with Gasteiger partial charge in [0.15, 0.2) is 0 Å². The molecule has 0 aliphatic rings. The van der Waals surface area contributed by atoms with Crippen molar-refractivity contribution in [2.75, 3.05) is 0 Å². The van der Waals surface area contributed by atoms with E-state index in [9.17, 15) is 0 Å². The van der Waals surface area contributed by atoms with Crippen LogP contribution in [0.3, 0.4) is 0 Å². The van der Waals surface area contributed by atoms with Gasteiger partial charge in [-0.05, 0) is 25.0 Å². The van der Waals surface area contributed by atoms with E-state index in [2.05, 4.69) is 19.1 Å². The Morgan fingerprint density at radius 1 is 1.15 bits per heavy atom. The first-order valence-corrected chi connectivity index (χ1v) is 8.95. The molecule has 0 amide bonds. The van der Waals surface area contributed by atoms with Crippen molar-refractivity contribution in [1.29, 1.82) is 5.41 Å². The Kier molecular flexibility index (Phi) is 7.21. The second kappa shape index (κ2) is 9.61. The summed E-state index contributed by atoms with van der Waals surface area (Å²) in [5, 5.41) is 17.0. The summed E-state index contributed by atoms with van der Waals surface area (Å²) in [5.74, 6) is -0.0405. The van der Waals surface area contributed by atoms with Gasteiger partial charge in [0.1, 0.15) is 0 Å². The zero-order valence-corrected chi connectivity index (χ0v) is 15.4. The van der Waals surface area contributed by atoms with Crippen LogP contribution >= 0.6 is 0 Å². The SMILES string of the molecule is CC(=O)O.CCCCCCC(=N)c1cn(-c2ccco2)c2ccccc12. The quantitative estimate of drug-likeness (QED) is 0.425. The van der Waals surface area contributed by atoms with Crippen LogP contribution in [0, 0.1) is 5.41 Å². The Morgan fingerprint density at radius 3 is 2.54 bits per heavy atom. The van der Waals surface area contributed by atoms with Crippen molar-refractivity contribution in [1.82, 2.24) is 4.57 Å². The van der Waals surface area contributed by atoms with Crippen LogP contribution in [-0.4, -0.2) is 21.4 Å². The minimum atomic E-state index is -0.833. The molecule has 0 fully saturated rings. The molecule has 2 heterocycles. The number of aromatic nitrogens is 1. The number of rotatable bonds is 7. The van der Waals surface area contributed by atoms with Crippen LogP contribution in [0.1, 0.15) is 51.5 Å². The second-order valence-electron chi connectivity index (χ2n) is 6.19. The molecule has 5 nitrogen and oxygen atoms in total. The number of aliphatic carboxylic acids is 1. The van der Waals surface area contributed by atoms with Crippen LogP contribution < -0.4 is 0 Å². The van der Waals surface area contributed by atoms with Gasteiger partial charge in [-0.3, -0.25) is 9.36 Å². The van der Waals surface area contributed by atoms with Crippen molar-refractivity contribution >= 4 is 22.6 Å². The fraction of sp³-hybridized carbons (Fsp3) is 0.333. The van der Waals surface area contributed by atoms with Gasteiger partial charge in [0, 0.05) is 35.8 Å². The summed E-state index contributed by atoms with van der Waals surface area (Å²) in [5.41, 5.74) is 2.83. The molecule has 0 bridgehead atoms. The van der Waals surface area contributed by atoms with Gasteiger partial charge in [-0.25, -0.2) is 0 Å². The van der Waals surface area contributed by atoms with E-state index in [0.29, 0.717) is 0 Å². The number of carboxylic acid groups (broad SMARTS) is 1. The number of hydrogen-bond donors (Lipinski definition) is 2. The normalized spacial score (nSPS) is 10.4. The molecule has 0 unspecified atom stereocenters. The van der Waals surface area contributed by atoms with Gasteiger partial charge >= 0.3 is 0 Å². The van der Waals surface area contributed by atoms with Gasteiger partial charge in [0.25, 0.3) is 5.97 Å². The third-order valence-electron chi connectivity index (χ3n) is 4.06. The highest BCUT2D eigenvalue weighted by molar-refractivity contribution is 6.09. The van der Waals surface area contributed by atoms with Crippen LogP contribution in [-0.2, 0) is 4.79 Å². The Morgan fingerprint density at radius 2 is 1.88 bits per heavy atom. The Balaban J connectivity index is 0.000000552. The van der Waals surface area contributed by atoms with Gasteiger partial charge in [-0.1, -0.05) is 44.4 Å². The highest BCUT2D eigenvalue weighted by Crippen LogP contribution is 2.26. The molecule has 26 heavy (non-hydrogen) atoms. The predicted molar refractivity (Wildman–Crippen MR) is 104 cm³/mol. The Hall–Kier alpha value is -2.82. The van der Waals surface area contributed by atoms with Crippen LogP contribution in [0.5, 0.6) is 0 Å². The summed E-state index contributed by atoms with van der Waals surface area (Å²) < 4.78 is 7.56. The van der Waals surface area contributed by atoms with Gasteiger partial charge in [0.05, 0.1) is 11.8 Å². The minimum Gasteiger partial charge on any atom is -0.481 e. The zero-order valence-electron chi connectivity index (χ0n) is 15.4. The number of nitrogens with zero attached hydrogens (tertiary/aromatic N) is 1. The van der Waals surface area contributed by atoms with Crippen molar-refractivity contribution in [3.05, 3.63) is 54.4 Å². The molecule has 2 aromatic heterocycles. The summed E-state index contributed by atoms with van der Waals surface area (Å²) in [7, 11) is 0. The zero-order chi connectivity index (χ0) is 18.9. The third-order valence-corrected chi connectivity index (χ3v) is 4.06. The number of para-hydroxylation sites is 1. The fourth-order valence-corrected chi connectivity index (χ4v) is 2.87. The second-order valence-corrected chi connectivity index (χ2v) is 6.19. The number of hydrogen-bond acceptors (Lipinski definition) is 3. The molecule has 2 N–H and O–H groups in total. The van der Waals surface area contributed by atoms with Gasteiger partial charge in [-0.15, -0.1) is 0 Å². The maximum atomic E-state index is 9.00. The molecule has 3 rings (SSSR count). The minimum absolute atomic E-state index is 0.720. The Labute approximate surface area is 153 Å². The molecule has 138 valence electrons. The first-order chi connectivity index (χ1) is 12.5. The lowest BCUT2D eigenvalue weighted by molar-refractivity contribution is -0.134. The van der Waals surface area contributed by atoms with E-state index in [4.69, 9.17) is 19.7 Å². The van der Waals surface area contributed by atoms with Crippen LogP contribution in [0.4, 0.5) is 0 Å². The number of carboxylic acids is 1. The average molecular weight is 354 g/mol. The number of carbonyl (C=O) groups is 1. The average Bonchev–Trinajstić information content (AvgIpc) is 3.25. The van der Waals surface area contributed by atoms with Crippen LogP contribution in [0.2, 0.25) is 0 Å². The van der Waals surface area contributed by atoms with E-state index in [1.807, 2.05) is 35.0 Å². The standard InChI is InChI=1S/C19H22N2O.C2H4O2/c1-2-3-4-5-10-17(20)16-14-21(19-12-8-13-22-19)18-11-7-6-9-15(16)18;1-2(3)4/h6-9,11-14,20H,2-5,10H2,1H3;1H3,(H,3,4). The molecule has 1 aromatic carbocycles. The van der Waals surface area contributed by atoms with Gasteiger partial charge in [0.2, 0.25) is 5.88 Å². The molecule has 0 aliphatic heterocycles. The topological polar surface area (TPSA) is 79.2 Å². The molecule has 5 heteroatoms. The smallest absolute Gasteiger partial charge is 0.300 e. The molecule has 0 atom stereocenters. The van der Waals surface area contributed by atoms with Crippen molar-refractivity contribution in [2.45, 2.75) is 46.0 Å². The summed E-state index contributed by atoms with van der Waals surface area (Å²) in [6.07, 6.45) is 9.33. The number of furan rings is 1. The predicted octanol–water partition coefficient (Wildman–Crippen LogP) is 5.65. The summed E-state index contributed by atoms with van der Waals surface area (Å²) >= 11 is 0. The largest absolute Gasteiger partial charge is 0.481 e. The van der Waals surface area contributed by atoms with Gasteiger partial charge < -0.3 is 14.9 Å². The van der Waals surface area contributed by atoms with Crippen molar-refractivity contribution in [2.24, 2.45) is 0 Å².